The summed E-state index contributed by atoms with van der Waals surface area (Å²) in [6.07, 6.45) is 0. The summed E-state index contributed by atoms with van der Waals surface area (Å²) < 4.78 is 5.81. The molecule has 0 saturated carbocycles. The lowest BCUT2D eigenvalue weighted by molar-refractivity contribution is 0.102. The second-order valence-corrected chi connectivity index (χ2v) is 6.57. The first-order chi connectivity index (χ1) is 13.7. The average Bonchev–Trinajstić information content (AvgIpc) is 2.73. The predicted molar refractivity (Wildman–Crippen MR) is 112 cm³/mol. The van der Waals surface area contributed by atoms with Crippen molar-refractivity contribution in [2.75, 3.05) is 5.32 Å². The summed E-state index contributed by atoms with van der Waals surface area (Å²) in [5.74, 6) is 0.613. The molecule has 0 bridgehead atoms. The fourth-order valence-corrected chi connectivity index (χ4v) is 3.05. The summed E-state index contributed by atoms with van der Waals surface area (Å²) in [4.78, 5) is 17.3. The van der Waals surface area contributed by atoms with Crippen molar-refractivity contribution in [3.8, 4) is 5.75 Å². The number of nitrogens with one attached hydrogen (secondary N) is 1. The van der Waals surface area contributed by atoms with Crippen LogP contribution in [-0.2, 0) is 6.61 Å². The molecule has 1 heterocycles. The number of aromatic nitrogens is 1. The third-order valence-corrected chi connectivity index (χ3v) is 4.49. The van der Waals surface area contributed by atoms with Gasteiger partial charge in [0.2, 0.25) is 0 Å². The van der Waals surface area contributed by atoms with E-state index in [1.54, 1.807) is 0 Å². The summed E-state index contributed by atoms with van der Waals surface area (Å²) in [6, 6.07) is 26.7. The molecule has 4 heteroatoms. The van der Waals surface area contributed by atoms with Gasteiger partial charge in [-0.3, -0.25) is 9.78 Å². The molecule has 1 N–H and O–H groups in total. The van der Waals surface area contributed by atoms with Gasteiger partial charge in [-0.15, -0.1) is 0 Å². The van der Waals surface area contributed by atoms with E-state index in [0.29, 0.717) is 12.2 Å². The number of hydrogen-bond acceptors (Lipinski definition) is 3. The minimum atomic E-state index is -0.160. The Morgan fingerprint density at radius 1 is 0.929 bits per heavy atom. The van der Waals surface area contributed by atoms with Gasteiger partial charge in [0.05, 0.1) is 5.52 Å². The standard InChI is InChI=1S/C24H20N2O2/c1-17-11-12-18-15-20(13-14-23(18)25-17)26-24(27)22-10-6-5-7-19(22)16-28-21-8-3-2-4-9-21/h2-15H,16H2,1H3,(H,26,27). The molecule has 0 unspecified atom stereocenters. The van der Waals surface area contributed by atoms with E-state index in [1.165, 1.54) is 0 Å². The zero-order valence-corrected chi connectivity index (χ0v) is 15.6. The lowest BCUT2D eigenvalue weighted by atomic mass is 10.1. The van der Waals surface area contributed by atoms with Crippen molar-refractivity contribution < 1.29 is 9.53 Å². The number of anilines is 1. The molecule has 3 aromatic carbocycles. The van der Waals surface area contributed by atoms with Crippen LogP contribution in [0.1, 0.15) is 21.6 Å². The molecule has 0 atom stereocenters. The van der Waals surface area contributed by atoms with E-state index in [2.05, 4.69) is 10.3 Å². The van der Waals surface area contributed by atoms with Gasteiger partial charge in [0, 0.05) is 27.9 Å². The monoisotopic (exact) mass is 368 g/mol. The summed E-state index contributed by atoms with van der Waals surface area (Å²) in [5.41, 5.74) is 4.05. The minimum Gasteiger partial charge on any atom is -0.489 e. The number of benzene rings is 3. The number of hydrogen-bond donors (Lipinski definition) is 1. The summed E-state index contributed by atoms with van der Waals surface area (Å²) >= 11 is 0. The fourth-order valence-electron chi connectivity index (χ4n) is 3.05. The number of pyridine rings is 1. The van der Waals surface area contributed by atoms with Crippen molar-refractivity contribution in [1.82, 2.24) is 4.98 Å². The highest BCUT2D eigenvalue weighted by Crippen LogP contribution is 2.20. The zero-order chi connectivity index (χ0) is 19.3. The Morgan fingerprint density at radius 2 is 1.71 bits per heavy atom. The lowest BCUT2D eigenvalue weighted by Gasteiger charge is -2.12. The van der Waals surface area contributed by atoms with Crippen LogP contribution in [0.2, 0.25) is 0 Å². The molecule has 4 aromatic rings. The third kappa shape index (κ3) is 4.01. The van der Waals surface area contributed by atoms with Crippen LogP contribution in [0.3, 0.4) is 0 Å². The van der Waals surface area contributed by atoms with Crippen molar-refractivity contribution in [3.63, 3.8) is 0 Å². The SMILES string of the molecule is Cc1ccc2cc(NC(=O)c3ccccc3COc3ccccc3)ccc2n1. The minimum absolute atomic E-state index is 0.160. The molecular weight excluding hydrogens is 348 g/mol. The van der Waals surface area contributed by atoms with Crippen molar-refractivity contribution in [2.24, 2.45) is 0 Å². The van der Waals surface area contributed by atoms with Gasteiger partial charge in [0.1, 0.15) is 12.4 Å². The van der Waals surface area contributed by atoms with Gasteiger partial charge in [0.25, 0.3) is 5.91 Å². The highest BCUT2D eigenvalue weighted by Gasteiger charge is 2.12. The van der Waals surface area contributed by atoms with Crippen molar-refractivity contribution >= 4 is 22.5 Å². The molecule has 0 aliphatic rings. The molecule has 0 radical (unpaired) electrons. The Balaban J connectivity index is 1.52. The maximum Gasteiger partial charge on any atom is 0.256 e. The molecule has 0 aliphatic carbocycles. The first-order valence-corrected chi connectivity index (χ1v) is 9.13. The number of para-hydroxylation sites is 1. The Labute approximate surface area is 163 Å². The van der Waals surface area contributed by atoms with E-state index in [9.17, 15) is 4.79 Å². The molecule has 1 aromatic heterocycles. The Bertz CT molecular complexity index is 1120. The Hall–Kier alpha value is -3.66. The van der Waals surface area contributed by atoms with E-state index in [4.69, 9.17) is 4.74 Å². The highest BCUT2D eigenvalue weighted by atomic mass is 16.5. The first kappa shape index (κ1) is 17.7. The predicted octanol–water partition coefficient (Wildman–Crippen LogP) is 5.37. The van der Waals surface area contributed by atoms with E-state index in [1.807, 2.05) is 91.9 Å². The smallest absolute Gasteiger partial charge is 0.256 e. The number of aryl methyl sites for hydroxylation is 1. The molecule has 0 aliphatic heterocycles. The third-order valence-electron chi connectivity index (χ3n) is 4.49. The molecular formula is C24H20N2O2. The van der Waals surface area contributed by atoms with Crippen molar-refractivity contribution in [1.29, 1.82) is 0 Å². The quantitative estimate of drug-likeness (QED) is 0.515. The van der Waals surface area contributed by atoms with Gasteiger partial charge in [-0.25, -0.2) is 0 Å². The molecule has 28 heavy (non-hydrogen) atoms. The number of fused-ring (bicyclic) bond motifs is 1. The molecule has 0 fully saturated rings. The maximum atomic E-state index is 12.9. The fraction of sp³-hybridized carbons (Fsp3) is 0.0833. The number of nitrogens with zero attached hydrogens (tertiary/aromatic N) is 1. The molecule has 4 rings (SSSR count). The van der Waals surface area contributed by atoms with E-state index < -0.39 is 0 Å². The normalized spacial score (nSPS) is 10.6. The van der Waals surface area contributed by atoms with Crippen LogP contribution in [0.5, 0.6) is 5.75 Å². The molecule has 1 amide bonds. The van der Waals surface area contributed by atoms with Gasteiger partial charge in [0.15, 0.2) is 0 Å². The van der Waals surface area contributed by atoms with Crippen LogP contribution in [0.4, 0.5) is 5.69 Å². The highest BCUT2D eigenvalue weighted by molar-refractivity contribution is 6.06. The number of amides is 1. The Morgan fingerprint density at radius 3 is 2.57 bits per heavy atom. The van der Waals surface area contributed by atoms with Crippen LogP contribution in [0, 0.1) is 6.92 Å². The largest absolute Gasteiger partial charge is 0.489 e. The van der Waals surface area contributed by atoms with Crippen LogP contribution < -0.4 is 10.1 Å². The topological polar surface area (TPSA) is 51.2 Å². The zero-order valence-electron chi connectivity index (χ0n) is 15.6. The van der Waals surface area contributed by atoms with Gasteiger partial charge in [-0.05, 0) is 49.4 Å². The van der Waals surface area contributed by atoms with E-state index in [0.717, 1.165) is 33.6 Å². The lowest BCUT2D eigenvalue weighted by Crippen LogP contribution is -2.15. The van der Waals surface area contributed by atoms with Crippen LogP contribution in [-0.4, -0.2) is 10.9 Å². The average molecular weight is 368 g/mol. The second kappa shape index (κ2) is 7.92. The van der Waals surface area contributed by atoms with Crippen molar-refractivity contribution in [3.05, 3.63) is 102 Å². The molecule has 0 spiro atoms. The first-order valence-electron chi connectivity index (χ1n) is 9.13. The van der Waals surface area contributed by atoms with Crippen molar-refractivity contribution in [2.45, 2.75) is 13.5 Å². The Kier molecular flexibility index (Phi) is 5.02. The molecule has 138 valence electrons. The van der Waals surface area contributed by atoms with Crippen LogP contribution in [0.15, 0.2) is 84.9 Å². The number of ether oxygens (including phenoxy) is 1. The summed E-state index contributed by atoms with van der Waals surface area (Å²) in [7, 11) is 0. The van der Waals surface area contributed by atoms with Gasteiger partial charge < -0.3 is 10.1 Å². The number of carbonyl (C=O) groups is 1. The van der Waals surface area contributed by atoms with E-state index >= 15 is 0 Å². The maximum absolute atomic E-state index is 12.9. The van der Waals surface area contributed by atoms with E-state index in [-0.39, 0.29) is 5.91 Å². The summed E-state index contributed by atoms with van der Waals surface area (Å²) in [5, 5.41) is 3.97. The van der Waals surface area contributed by atoms with Crippen LogP contribution in [0.25, 0.3) is 10.9 Å². The van der Waals surface area contributed by atoms with Crippen LogP contribution >= 0.6 is 0 Å². The molecule has 4 nitrogen and oxygen atoms in total. The summed E-state index contributed by atoms with van der Waals surface area (Å²) in [6.45, 7) is 2.29. The van der Waals surface area contributed by atoms with Gasteiger partial charge in [-0.2, -0.15) is 0 Å². The number of rotatable bonds is 5. The number of carbonyl (C=O) groups excluding carboxylic acids is 1. The molecule has 0 saturated heterocycles. The van der Waals surface area contributed by atoms with Gasteiger partial charge >= 0.3 is 0 Å². The second-order valence-electron chi connectivity index (χ2n) is 6.57. The van der Waals surface area contributed by atoms with Gasteiger partial charge in [-0.1, -0.05) is 42.5 Å².